The number of hydrogen-bond donors (Lipinski definition) is 4. The molecule has 204 valence electrons. The van der Waals surface area contributed by atoms with Gasteiger partial charge in [-0.2, -0.15) is 36.5 Å². The van der Waals surface area contributed by atoms with E-state index in [4.69, 9.17) is 10.2 Å². The van der Waals surface area contributed by atoms with Crippen LogP contribution in [0.5, 0.6) is 11.5 Å². The number of hydrogen-bond acceptors (Lipinski definition) is 6. The van der Waals surface area contributed by atoms with Crippen molar-refractivity contribution in [3.8, 4) is 11.5 Å². The Hall–Kier alpha value is -4.40. The minimum absolute atomic E-state index is 0. The minimum Gasteiger partial charge on any atom is -0.872 e. The fraction of sp³-hybridized carbons (Fsp3) is 0.0909. The van der Waals surface area contributed by atoms with Gasteiger partial charge in [-0.05, 0) is 36.4 Å². The van der Waals surface area contributed by atoms with E-state index < -0.39 is 58.0 Å². The number of benzene rings is 2. The van der Waals surface area contributed by atoms with Crippen LogP contribution in [-0.4, -0.2) is 42.5 Å². The van der Waals surface area contributed by atoms with Crippen LogP contribution < -0.4 is 10.2 Å². The Morgan fingerprint density at radius 2 is 1.03 bits per heavy atom. The van der Waals surface area contributed by atoms with E-state index >= 15 is 0 Å². The van der Waals surface area contributed by atoms with Crippen molar-refractivity contribution in [3.63, 3.8) is 0 Å². The number of H-pyrrole nitrogens is 2. The van der Waals surface area contributed by atoms with Crippen LogP contribution in [0.3, 0.4) is 0 Å². The Labute approximate surface area is 227 Å². The number of carbonyl (C=O) groups is 2. The van der Waals surface area contributed by atoms with Crippen molar-refractivity contribution in [3.05, 3.63) is 95.6 Å². The molecule has 0 aliphatic carbocycles. The van der Waals surface area contributed by atoms with Crippen LogP contribution in [0.2, 0.25) is 0 Å². The van der Waals surface area contributed by atoms with Crippen molar-refractivity contribution >= 4 is 11.9 Å². The first-order valence-corrected chi connectivity index (χ1v) is 9.75. The van der Waals surface area contributed by atoms with E-state index in [-0.39, 0.29) is 31.6 Å². The molecule has 2 heterocycles. The zero-order valence-electron chi connectivity index (χ0n) is 19.3. The van der Waals surface area contributed by atoms with E-state index in [0.717, 1.165) is 0 Å². The number of rotatable bonds is 2. The number of alkyl halides is 6. The minimum atomic E-state index is -4.63. The van der Waals surface area contributed by atoms with E-state index in [9.17, 15) is 46.1 Å². The van der Waals surface area contributed by atoms with Gasteiger partial charge in [-0.1, -0.05) is 23.6 Å². The first-order chi connectivity index (χ1) is 17.6. The average molecular weight is 612 g/mol. The summed E-state index contributed by atoms with van der Waals surface area (Å²) in [5.41, 5.74) is -3.63. The number of aromatic nitrogens is 4. The molecule has 2 aromatic heterocycles. The molecular formula is C22H16F6N4O6Zn. The summed E-state index contributed by atoms with van der Waals surface area (Å²) in [6.45, 7) is 0. The number of aromatic carboxylic acids is 2. The van der Waals surface area contributed by atoms with Crippen molar-refractivity contribution in [2.75, 3.05) is 0 Å². The number of carboxylic acids is 2. The molecule has 0 aliphatic heterocycles. The fourth-order valence-electron chi connectivity index (χ4n) is 2.18. The zero-order valence-corrected chi connectivity index (χ0v) is 22.3. The van der Waals surface area contributed by atoms with Crippen LogP contribution in [0.4, 0.5) is 26.3 Å². The summed E-state index contributed by atoms with van der Waals surface area (Å²) in [4.78, 5) is 20.6. The van der Waals surface area contributed by atoms with Crippen LogP contribution in [0.15, 0.2) is 73.3 Å². The Morgan fingerprint density at radius 3 is 1.18 bits per heavy atom. The largest absolute Gasteiger partial charge is 2.00 e. The molecule has 10 nitrogen and oxygen atoms in total. The zero-order chi connectivity index (χ0) is 28.9. The van der Waals surface area contributed by atoms with Crippen LogP contribution in [0.25, 0.3) is 0 Å². The van der Waals surface area contributed by atoms with Gasteiger partial charge >= 0.3 is 43.8 Å². The molecular weight excluding hydrogens is 596 g/mol. The first kappa shape index (κ1) is 34.6. The van der Waals surface area contributed by atoms with Gasteiger partial charge < -0.3 is 20.4 Å². The number of nitrogens with one attached hydrogen (secondary N) is 2. The summed E-state index contributed by atoms with van der Waals surface area (Å²) in [6.07, 6.45) is -2.34. The summed E-state index contributed by atoms with van der Waals surface area (Å²) in [6, 6.07) is 6.61. The van der Waals surface area contributed by atoms with Gasteiger partial charge in [-0.15, -0.1) is 0 Å². The van der Waals surface area contributed by atoms with Gasteiger partial charge in [0.2, 0.25) is 0 Å². The van der Waals surface area contributed by atoms with Gasteiger partial charge in [0.15, 0.2) is 0 Å². The Morgan fingerprint density at radius 1 is 0.692 bits per heavy atom. The maximum Gasteiger partial charge on any atom is 2.00 e. The molecule has 0 unspecified atom stereocenters. The SMILES string of the molecule is O=C(O)c1ccc(C(F)(F)F)cc1[O-].O=C(O)c1ccc(C(F)(F)F)cc1[O-].[Zn+2].c1cn[nH]c1.c1cn[nH]c1. The maximum absolute atomic E-state index is 12.0. The van der Waals surface area contributed by atoms with Crippen LogP contribution in [0, 0.1) is 0 Å². The standard InChI is InChI=1S/2C8H5F3O3.2C3H4N2.Zn/c2*9-8(10,11)4-1-2-5(7(13)14)6(12)3-4;2*1-2-4-5-3-1;/h2*1-3,12H,(H,13,14);2*1-3H,(H,4,5);/q;;;;+2/p-2. The smallest absolute Gasteiger partial charge is 0.872 e. The van der Waals surface area contributed by atoms with Crippen molar-refractivity contribution in [2.24, 2.45) is 0 Å². The Bertz CT molecular complexity index is 1150. The Kier molecular flexibility index (Phi) is 14.0. The molecule has 0 atom stereocenters. The number of carboxylic acid groups (broad SMARTS) is 2. The fourth-order valence-corrected chi connectivity index (χ4v) is 2.18. The van der Waals surface area contributed by atoms with E-state index in [0.29, 0.717) is 24.3 Å². The second kappa shape index (κ2) is 15.8. The summed E-state index contributed by atoms with van der Waals surface area (Å²) in [7, 11) is 0. The van der Waals surface area contributed by atoms with Crippen LogP contribution in [-0.2, 0) is 31.8 Å². The van der Waals surface area contributed by atoms with Crippen molar-refractivity contribution in [1.82, 2.24) is 20.4 Å². The number of nitrogens with zero attached hydrogens (tertiary/aromatic N) is 2. The summed E-state index contributed by atoms with van der Waals surface area (Å²) in [5.74, 6) is -5.37. The van der Waals surface area contributed by atoms with E-state index in [1.807, 2.05) is 12.1 Å². The van der Waals surface area contributed by atoms with E-state index in [1.165, 1.54) is 0 Å². The third-order valence-corrected chi connectivity index (χ3v) is 3.89. The van der Waals surface area contributed by atoms with Crippen LogP contribution >= 0.6 is 0 Å². The monoisotopic (exact) mass is 610 g/mol. The molecule has 0 bridgehead atoms. The molecule has 0 saturated heterocycles. The summed E-state index contributed by atoms with van der Waals surface area (Å²) < 4.78 is 72.1. The van der Waals surface area contributed by atoms with Gasteiger partial charge in [-0.3, -0.25) is 10.2 Å². The van der Waals surface area contributed by atoms with Gasteiger partial charge in [0.05, 0.1) is 22.3 Å². The molecule has 0 amide bonds. The molecule has 0 spiro atoms. The predicted molar refractivity (Wildman–Crippen MR) is 113 cm³/mol. The van der Waals surface area contributed by atoms with Crippen molar-refractivity contribution < 1.29 is 75.8 Å². The second-order valence-electron chi connectivity index (χ2n) is 6.56. The topological polar surface area (TPSA) is 178 Å². The molecule has 4 aromatic rings. The summed E-state index contributed by atoms with van der Waals surface area (Å²) >= 11 is 0. The molecule has 0 aliphatic rings. The third-order valence-electron chi connectivity index (χ3n) is 3.89. The number of aromatic amines is 2. The normalized spacial score (nSPS) is 10.2. The number of halogens is 6. The molecule has 4 rings (SSSR count). The average Bonchev–Trinajstić information content (AvgIpc) is 3.57. The third kappa shape index (κ3) is 12.6. The van der Waals surface area contributed by atoms with Gasteiger partial charge in [0.1, 0.15) is 0 Å². The predicted octanol–water partition coefficient (Wildman–Crippen LogP) is 3.77. The molecule has 2 aromatic carbocycles. The first-order valence-electron chi connectivity index (χ1n) is 9.75. The second-order valence-corrected chi connectivity index (χ2v) is 6.56. The summed E-state index contributed by atoms with van der Waals surface area (Å²) in [5, 5.41) is 50.9. The maximum atomic E-state index is 12.0. The van der Waals surface area contributed by atoms with E-state index in [2.05, 4.69) is 20.4 Å². The molecule has 0 radical (unpaired) electrons. The molecule has 17 heteroatoms. The Balaban J connectivity index is 0.000000537. The van der Waals surface area contributed by atoms with Gasteiger partial charge in [-0.25, -0.2) is 9.59 Å². The molecule has 0 fully saturated rings. The molecule has 0 saturated carbocycles. The van der Waals surface area contributed by atoms with Gasteiger partial charge in [0, 0.05) is 24.8 Å². The van der Waals surface area contributed by atoms with Gasteiger partial charge in [0.25, 0.3) is 0 Å². The van der Waals surface area contributed by atoms with Crippen molar-refractivity contribution in [1.29, 1.82) is 0 Å². The van der Waals surface area contributed by atoms with Crippen LogP contribution in [0.1, 0.15) is 31.8 Å². The van der Waals surface area contributed by atoms with Crippen molar-refractivity contribution in [2.45, 2.75) is 12.4 Å². The quantitative estimate of drug-likeness (QED) is 0.195. The molecule has 39 heavy (non-hydrogen) atoms. The van der Waals surface area contributed by atoms with E-state index in [1.54, 1.807) is 24.8 Å². The molecule has 4 N–H and O–H groups in total.